The highest BCUT2D eigenvalue weighted by Gasteiger charge is 2.33. The Morgan fingerprint density at radius 2 is 1.82 bits per heavy atom. The van der Waals surface area contributed by atoms with Crippen LogP contribution in [-0.2, 0) is 16.8 Å². The van der Waals surface area contributed by atoms with E-state index in [-0.39, 0.29) is 17.3 Å². The third-order valence-corrected chi connectivity index (χ3v) is 7.41. The third kappa shape index (κ3) is 7.08. The SMILES string of the molecule is CCC=C[C@@H]1C(=O)CCC[C@H]1c1ccc(C(C)(C)CCCCCC)cc1OCc1ccccc1. The average molecular weight is 461 g/mol. The molecule has 0 aromatic heterocycles. The smallest absolute Gasteiger partial charge is 0.140 e. The summed E-state index contributed by atoms with van der Waals surface area (Å²) in [6.45, 7) is 9.64. The van der Waals surface area contributed by atoms with Gasteiger partial charge in [0.15, 0.2) is 0 Å². The standard InChI is InChI=1S/C32H44O2/c1-5-7-9-13-22-32(3,4)26-20-21-29(27-18-14-19-30(33)28(27)17-8-6-2)31(23-26)34-24-25-15-11-10-12-16-25/h8,10-12,15-17,20-21,23,27-28H,5-7,9,13-14,18-19,22,24H2,1-4H3/t27-,28+/m1/s1. The third-order valence-electron chi connectivity index (χ3n) is 7.41. The van der Waals surface area contributed by atoms with Crippen LogP contribution in [0.25, 0.3) is 0 Å². The Labute approximate surface area is 207 Å². The summed E-state index contributed by atoms with van der Waals surface area (Å²) >= 11 is 0. The van der Waals surface area contributed by atoms with Crippen molar-refractivity contribution in [2.45, 2.75) is 103 Å². The van der Waals surface area contributed by atoms with Gasteiger partial charge in [0.2, 0.25) is 0 Å². The minimum atomic E-state index is -0.0410. The Bertz CT molecular complexity index is 925. The van der Waals surface area contributed by atoms with E-state index in [4.69, 9.17) is 4.74 Å². The van der Waals surface area contributed by atoms with Crippen LogP contribution in [-0.4, -0.2) is 5.78 Å². The van der Waals surface area contributed by atoms with Gasteiger partial charge >= 0.3 is 0 Å². The quantitative estimate of drug-likeness (QED) is 0.233. The highest BCUT2D eigenvalue weighted by atomic mass is 16.5. The molecule has 0 aliphatic heterocycles. The molecule has 0 spiro atoms. The maximum Gasteiger partial charge on any atom is 0.140 e. The molecule has 2 nitrogen and oxygen atoms in total. The number of unbranched alkanes of at least 4 members (excludes halogenated alkanes) is 3. The Hall–Kier alpha value is -2.35. The summed E-state index contributed by atoms with van der Waals surface area (Å²) in [5.41, 5.74) is 3.79. The maximum absolute atomic E-state index is 12.9. The number of ketones is 1. The molecule has 2 heteroatoms. The van der Waals surface area contributed by atoms with Crippen molar-refractivity contribution in [2.75, 3.05) is 0 Å². The van der Waals surface area contributed by atoms with Gasteiger partial charge < -0.3 is 4.74 Å². The van der Waals surface area contributed by atoms with Crippen LogP contribution < -0.4 is 4.74 Å². The molecule has 2 atom stereocenters. The van der Waals surface area contributed by atoms with Gasteiger partial charge in [-0.15, -0.1) is 0 Å². The van der Waals surface area contributed by atoms with Crippen LogP contribution in [0, 0.1) is 5.92 Å². The van der Waals surface area contributed by atoms with E-state index in [9.17, 15) is 4.79 Å². The van der Waals surface area contributed by atoms with Crippen molar-refractivity contribution in [3.05, 3.63) is 77.4 Å². The van der Waals surface area contributed by atoms with Gasteiger partial charge in [-0.3, -0.25) is 4.79 Å². The van der Waals surface area contributed by atoms with E-state index < -0.39 is 0 Å². The van der Waals surface area contributed by atoms with Crippen molar-refractivity contribution in [1.29, 1.82) is 0 Å². The number of rotatable bonds is 12. The van der Waals surface area contributed by atoms with Crippen molar-refractivity contribution >= 4 is 5.78 Å². The molecule has 184 valence electrons. The molecule has 1 aliphatic rings. The van der Waals surface area contributed by atoms with Gasteiger partial charge in [-0.1, -0.05) is 108 Å². The van der Waals surface area contributed by atoms with E-state index in [1.807, 2.05) is 6.07 Å². The molecule has 0 saturated heterocycles. The highest BCUT2D eigenvalue weighted by molar-refractivity contribution is 5.84. The molecule has 0 radical (unpaired) electrons. The molecule has 3 rings (SSSR count). The zero-order chi connectivity index (χ0) is 24.4. The van der Waals surface area contributed by atoms with Gasteiger partial charge in [0, 0.05) is 18.3 Å². The first-order valence-corrected chi connectivity index (χ1v) is 13.5. The second-order valence-corrected chi connectivity index (χ2v) is 10.5. The van der Waals surface area contributed by atoms with Crippen molar-refractivity contribution in [3.63, 3.8) is 0 Å². The minimum Gasteiger partial charge on any atom is -0.489 e. The summed E-state index contributed by atoms with van der Waals surface area (Å²) in [5.74, 6) is 1.48. The van der Waals surface area contributed by atoms with Crippen LogP contribution in [0.5, 0.6) is 5.75 Å². The van der Waals surface area contributed by atoms with Gasteiger partial charge in [0.1, 0.15) is 18.1 Å². The highest BCUT2D eigenvalue weighted by Crippen LogP contribution is 2.43. The number of Topliss-reactive ketones (excluding diaryl/α,β-unsaturated/α-hetero) is 1. The van der Waals surface area contributed by atoms with Crippen LogP contribution in [0.3, 0.4) is 0 Å². The van der Waals surface area contributed by atoms with E-state index in [1.165, 1.54) is 48.8 Å². The van der Waals surface area contributed by atoms with Crippen LogP contribution in [0.4, 0.5) is 0 Å². The Morgan fingerprint density at radius 3 is 2.56 bits per heavy atom. The van der Waals surface area contributed by atoms with Crippen molar-refractivity contribution in [2.24, 2.45) is 5.92 Å². The topological polar surface area (TPSA) is 26.3 Å². The number of carbonyl (C=O) groups is 1. The molecule has 1 aliphatic carbocycles. The molecule has 1 saturated carbocycles. The summed E-state index contributed by atoms with van der Waals surface area (Å²) < 4.78 is 6.51. The second kappa shape index (κ2) is 12.9. The summed E-state index contributed by atoms with van der Waals surface area (Å²) in [6, 6.07) is 17.2. The summed E-state index contributed by atoms with van der Waals surface area (Å²) in [4.78, 5) is 12.9. The number of carbonyl (C=O) groups excluding carboxylic acids is 1. The van der Waals surface area contributed by atoms with Crippen LogP contribution in [0.1, 0.15) is 108 Å². The Balaban J connectivity index is 1.92. The largest absolute Gasteiger partial charge is 0.489 e. The van der Waals surface area contributed by atoms with Gasteiger partial charge in [-0.25, -0.2) is 0 Å². The van der Waals surface area contributed by atoms with Crippen LogP contribution in [0.15, 0.2) is 60.7 Å². The lowest BCUT2D eigenvalue weighted by Gasteiger charge is -2.32. The molecule has 1 fully saturated rings. The van der Waals surface area contributed by atoms with Crippen molar-refractivity contribution < 1.29 is 9.53 Å². The van der Waals surface area contributed by atoms with Crippen LogP contribution in [0.2, 0.25) is 0 Å². The lowest BCUT2D eigenvalue weighted by atomic mass is 9.73. The lowest BCUT2D eigenvalue weighted by Crippen LogP contribution is -2.26. The lowest BCUT2D eigenvalue weighted by molar-refractivity contribution is -0.123. The number of ether oxygens (including phenoxy) is 1. The predicted molar refractivity (Wildman–Crippen MR) is 144 cm³/mol. The van der Waals surface area contributed by atoms with E-state index in [0.29, 0.717) is 18.8 Å². The van der Waals surface area contributed by atoms with E-state index in [2.05, 4.69) is 82.3 Å². The molecule has 34 heavy (non-hydrogen) atoms. The average Bonchev–Trinajstić information content (AvgIpc) is 2.85. The number of hydrogen-bond acceptors (Lipinski definition) is 2. The molecular weight excluding hydrogens is 416 g/mol. The zero-order valence-electron chi connectivity index (χ0n) is 21.8. The van der Waals surface area contributed by atoms with Gasteiger partial charge in [0.25, 0.3) is 0 Å². The molecule has 0 bridgehead atoms. The van der Waals surface area contributed by atoms with Crippen molar-refractivity contribution in [3.8, 4) is 5.75 Å². The maximum atomic E-state index is 12.9. The normalized spacial score (nSPS) is 19.0. The first-order chi connectivity index (χ1) is 16.5. The summed E-state index contributed by atoms with van der Waals surface area (Å²) in [6.07, 6.45) is 14.2. The summed E-state index contributed by atoms with van der Waals surface area (Å²) in [7, 11) is 0. The fraction of sp³-hybridized carbons (Fsp3) is 0.531. The zero-order valence-corrected chi connectivity index (χ0v) is 21.8. The first kappa shape index (κ1) is 26.3. The van der Waals surface area contributed by atoms with Gasteiger partial charge in [-0.2, -0.15) is 0 Å². The van der Waals surface area contributed by atoms with Gasteiger partial charge in [-0.05, 0) is 53.9 Å². The molecular formula is C32H44O2. The van der Waals surface area contributed by atoms with Crippen molar-refractivity contribution in [1.82, 2.24) is 0 Å². The number of allylic oxidation sites excluding steroid dienone is 2. The molecule has 0 heterocycles. The number of hydrogen-bond donors (Lipinski definition) is 0. The monoisotopic (exact) mass is 460 g/mol. The molecule has 0 N–H and O–H groups in total. The van der Waals surface area contributed by atoms with E-state index >= 15 is 0 Å². The minimum absolute atomic E-state index is 0.0410. The van der Waals surface area contributed by atoms with E-state index in [0.717, 1.165) is 25.0 Å². The van der Waals surface area contributed by atoms with Gasteiger partial charge in [0.05, 0.1) is 0 Å². The first-order valence-electron chi connectivity index (χ1n) is 13.5. The van der Waals surface area contributed by atoms with Crippen LogP contribution >= 0.6 is 0 Å². The fourth-order valence-corrected chi connectivity index (χ4v) is 5.20. The predicted octanol–water partition coefficient (Wildman–Crippen LogP) is 8.93. The molecule has 2 aromatic rings. The fourth-order valence-electron chi connectivity index (χ4n) is 5.20. The summed E-state index contributed by atoms with van der Waals surface area (Å²) in [5, 5.41) is 0. The molecule has 0 amide bonds. The Kier molecular flexibility index (Phi) is 9.99. The van der Waals surface area contributed by atoms with E-state index in [1.54, 1.807) is 0 Å². The second-order valence-electron chi connectivity index (χ2n) is 10.5. The molecule has 0 unspecified atom stereocenters. The number of benzene rings is 2. The molecule has 2 aromatic carbocycles. The Morgan fingerprint density at radius 1 is 1.03 bits per heavy atom.